The van der Waals surface area contributed by atoms with Gasteiger partial charge in [0.15, 0.2) is 0 Å². The first kappa shape index (κ1) is 19.0. The Labute approximate surface area is 161 Å². The molecule has 2 aromatic heterocycles. The van der Waals surface area contributed by atoms with Gasteiger partial charge < -0.3 is 14.8 Å². The summed E-state index contributed by atoms with van der Waals surface area (Å²) in [6, 6.07) is 10.2. The molecule has 9 nitrogen and oxygen atoms in total. The molecule has 3 aromatic rings. The Kier molecular flexibility index (Phi) is 5.95. The normalized spacial score (nSPS) is 10.4. The van der Waals surface area contributed by atoms with Crippen molar-refractivity contribution in [3.63, 3.8) is 0 Å². The van der Waals surface area contributed by atoms with Gasteiger partial charge in [0, 0.05) is 30.8 Å². The van der Waals surface area contributed by atoms with Crippen molar-refractivity contribution in [2.24, 2.45) is 0 Å². The average Bonchev–Trinajstić information content (AvgIpc) is 2.74. The molecule has 1 N–H and O–H groups in total. The first-order chi connectivity index (χ1) is 13.6. The molecular formula is C19H19N5O4. The Balaban J connectivity index is 1.61. The van der Waals surface area contributed by atoms with Crippen LogP contribution in [-0.4, -0.2) is 46.2 Å². The van der Waals surface area contributed by atoms with Gasteiger partial charge in [-0.15, -0.1) is 0 Å². The summed E-state index contributed by atoms with van der Waals surface area (Å²) in [5, 5.41) is 2.70. The van der Waals surface area contributed by atoms with Crippen LogP contribution < -0.4 is 20.3 Å². The molecule has 0 atom stereocenters. The Bertz CT molecular complexity index is 1020. The van der Waals surface area contributed by atoms with Crippen LogP contribution in [0.15, 0.2) is 53.8 Å². The van der Waals surface area contributed by atoms with Crippen LogP contribution in [0, 0.1) is 0 Å². The summed E-state index contributed by atoms with van der Waals surface area (Å²) >= 11 is 0. The molecule has 0 bridgehead atoms. The SMILES string of the molecule is COc1ccc(-c2cc(=O)n(CCNC(=O)c3cc(OC)ncn3)cn2)cc1. The Morgan fingerprint density at radius 2 is 1.86 bits per heavy atom. The van der Waals surface area contributed by atoms with Gasteiger partial charge in [-0.2, -0.15) is 0 Å². The molecule has 0 radical (unpaired) electrons. The number of nitrogens with one attached hydrogen (secondary N) is 1. The first-order valence-corrected chi connectivity index (χ1v) is 8.46. The fourth-order valence-corrected chi connectivity index (χ4v) is 2.47. The first-order valence-electron chi connectivity index (χ1n) is 8.46. The molecule has 0 saturated carbocycles. The highest BCUT2D eigenvalue weighted by Gasteiger charge is 2.09. The van der Waals surface area contributed by atoms with E-state index in [0.29, 0.717) is 11.6 Å². The summed E-state index contributed by atoms with van der Waals surface area (Å²) in [4.78, 5) is 36.5. The van der Waals surface area contributed by atoms with E-state index in [9.17, 15) is 9.59 Å². The molecule has 0 aliphatic rings. The fraction of sp³-hybridized carbons (Fsp3) is 0.211. The maximum atomic E-state index is 12.3. The van der Waals surface area contributed by atoms with E-state index in [2.05, 4.69) is 20.3 Å². The van der Waals surface area contributed by atoms with Crippen molar-refractivity contribution in [1.82, 2.24) is 24.8 Å². The maximum Gasteiger partial charge on any atom is 0.270 e. The van der Waals surface area contributed by atoms with Gasteiger partial charge in [-0.25, -0.2) is 15.0 Å². The van der Waals surface area contributed by atoms with E-state index < -0.39 is 0 Å². The Hall–Kier alpha value is -3.75. The standard InChI is InChI=1S/C19H19N5O4/c1-27-14-5-3-13(4-6-14)15-10-18(25)24(12-23-15)8-7-20-19(26)16-9-17(28-2)22-11-21-16/h3-6,9-12H,7-8H2,1-2H3,(H,20,26). The number of carbonyl (C=O) groups excluding carboxylic acids is 1. The number of carbonyl (C=O) groups is 1. The second-order valence-corrected chi connectivity index (χ2v) is 5.74. The number of hydrogen-bond acceptors (Lipinski definition) is 7. The number of aromatic nitrogens is 4. The predicted octanol–water partition coefficient (Wildman–Crippen LogP) is 1.15. The van der Waals surface area contributed by atoms with Gasteiger partial charge in [0.05, 0.1) is 26.2 Å². The molecule has 1 amide bonds. The molecule has 3 rings (SSSR count). The van der Waals surface area contributed by atoms with E-state index in [1.807, 2.05) is 12.1 Å². The van der Waals surface area contributed by atoms with Gasteiger partial charge in [-0.05, 0) is 24.3 Å². The van der Waals surface area contributed by atoms with Crippen LogP contribution in [0.4, 0.5) is 0 Å². The second-order valence-electron chi connectivity index (χ2n) is 5.74. The predicted molar refractivity (Wildman–Crippen MR) is 101 cm³/mol. The summed E-state index contributed by atoms with van der Waals surface area (Å²) < 4.78 is 11.5. The quantitative estimate of drug-likeness (QED) is 0.654. The summed E-state index contributed by atoms with van der Waals surface area (Å²) in [6.07, 6.45) is 2.71. The molecule has 0 spiro atoms. The van der Waals surface area contributed by atoms with Crippen LogP contribution in [0.2, 0.25) is 0 Å². The average molecular weight is 381 g/mol. The van der Waals surface area contributed by atoms with E-state index in [1.54, 1.807) is 19.2 Å². The minimum atomic E-state index is -0.378. The van der Waals surface area contributed by atoms with Crippen LogP contribution in [0.5, 0.6) is 11.6 Å². The van der Waals surface area contributed by atoms with Gasteiger partial charge >= 0.3 is 0 Å². The third-order valence-corrected chi connectivity index (χ3v) is 3.99. The zero-order valence-electron chi connectivity index (χ0n) is 15.5. The second kappa shape index (κ2) is 8.76. The van der Waals surface area contributed by atoms with Crippen molar-refractivity contribution in [2.45, 2.75) is 6.54 Å². The van der Waals surface area contributed by atoms with Gasteiger partial charge in [0.1, 0.15) is 17.8 Å². The third kappa shape index (κ3) is 4.50. The topological polar surface area (TPSA) is 108 Å². The number of hydrogen-bond donors (Lipinski definition) is 1. The highest BCUT2D eigenvalue weighted by molar-refractivity contribution is 5.92. The summed E-state index contributed by atoms with van der Waals surface area (Å²) in [7, 11) is 3.05. The molecule has 0 aliphatic heterocycles. The molecule has 0 saturated heterocycles. The number of benzene rings is 1. The fourth-order valence-electron chi connectivity index (χ4n) is 2.47. The summed E-state index contributed by atoms with van der Waals surface area (Å²) in [5.74, 6) is 0.653. The van der Waals surface area contributed by atoms with Gasteiger partial charge in [0.25, 0.3) is 11.5 Å². The van der Waals surface area contributed by atoms with Crippen LogP contribution in [0.25, 0.3) is 11.3 Å². The lowest BCUT2D eigenvalue weighted by molar-refractivity contribution is 0.0946. The minimum Gasteiger partial charge on any atom is -0.497 e. The molecule has 9 heteroatoms. The zero-order valence-corrected chi connectivity index (χ0v) is 15.5. The van der Waals surface area contributed by atoms with Crippen molar-refractivity contribution in [2.75, 3.05) is 20.8 Å². The van der Waals surface area contributed by atoms with E-state index in [4.69, 9.17) is 9.47 Å². The number of amides is 1. The van der Waals surface area contributed by atoms with E-state index in [0.717, 1.165) is 11.3 Å². The Morgan fingerprint density at radius 1 is 1.07 bits per heavy atom. The largest absolute Gasteiger partial charge is 0.497 e. The molecule has 1 aromatic carbocycles. The van der Waals surface area contributed by atoms with Crippen molar-refractivity contribution >= 4 is 5.91 Å². The molecule has 2 heterocycles. The van der Waals surface area contributed by atoms with Crippen LogP contribution in [0.1, 0.15) is 10.5 Å². The van der Waals surface area contributed by atoms with Crippen molar-refractivity contribution < 1.29 is 14.3 Å². The van der Waals surface area contributed by atoms with Crippen LogP contribution in [0.3, 0.4) is 0 Å². The molecular weight excluding hydrogens is 362 g/mol. The number of nitrogens with zero attached hydrogens (tertiary/aromatic N) is 4. The lowest BCUT2D eigenvalue weighted by Crippen LogP contribution is -2.31. The van der Waals surface area contributed by atoms with Crippen molar-refractivity contribution in [3.05, 3.63) is 65.1 Å². The van der Waals surface area contributed by atoms with E-state index in [-0.39, 0.29) is 30.2 Å². The highest BCUT2D eigenvalue weighted by Crippen LogP contribution is 2.19. The number of ether oxygens (including phenoxy) is 2. The van der Waals surface area contributed by atoms with Gasteiger partial charge in [-0.1, -0.05) is 0 Å². The van der Waals surface area contributed by atoms with Crippen molar-refractivity contribution in [3.8, 4) is 22.9 Å². The monoisotopic (exact) mass is 381 g/mol. The maximum absolute atomic E-state index is 12.3. The molecule has 144 valence electrons. The summed E-state index contributed by atoms with van der Waals surface area (Å²) in [6.45, 7) is 0.525. The molecule has 28 heavy (non-hydrogen) atoms. The minimum absolute atomic E-state index is 0.187. The van der Waals surface area contributed by atoms with Crippen LogP contribution in [-0.2, 0) is 6.54 Å². The van der Waals surface area contributed by atoms with Crippen molar-refractivity contribution in [1.29, 1.82) is 0 Å². The summed E-state index contributed by atoms with van der Waals surface area (Å²) in [5.41, 5.74) is 1.36. The molecule has 0 aliphatic carbocycles. The zero-order chi connectivity index (χ0) is 19.9. The van der Waals surface area contributed by atoms with E-state index in [1.165, 1.54) is 36.5 Å². The Morgan fingerprint density at radius 3 is 2.54 bits per heavy atom. The smallest absolute Gasteiger partial charge is 0.270 e. The van der Waals surface area contributed by atoms with Gasteiger partial charge in [0.2, 0.25) is 5.88 Å². The molecule has 0 fully saturated rings. The molecule has 0 unspecified atom stereocenters. The number of methoxy groups -OCH3 is 2. The van der Waals surface area contributed by atoms with E-state index >= 15 is 0 Å². The third-order valence-electron chi connectivity index (χ3n) is 3.99. The lowest BCUT2D eigenvalue weighted by atomic mass is 10.1. The lowest BCUT2D eigenvalue weighted by Gasteiger charge is -2.08. The highest BCUT2D eigenvalue weighted by atomic mass is 16.5. The van der Waals surface area contributed by atoms with Crippen LogP contribution >= 0.6 is 0 Å². The van der Waals surface area contributed by atoms with Gasteiger partial charge in [-0.3, -0.25) is 14.2 Å². The number of rotatable bonds is 7.